The first kappa shape index (κ1) is 21.8. The lowest BCUT2D eigenvalue weighted by Gasteiger charge is -2.23. The molecule has 1 N–H and O–H groups in total. The van der Waals surface area contributed by atoms with E-state index in [1.54, 1.807) is 32.9 Å². The van der Waals surface area contributed by atoms with Gasteiger partial charge in [-0.05, 0) is 76.0 Å². The number of carbonyl (C=O) groups excluding carboxylic acids is 2. The predicted octanol–water partition coefficient (Wildman–Crippen LogP) is 4.52. The maximum atomic E-state index is 12.6. The highest BCUT2D eigenvalue weighted by atomic mass is 35.5. The molecule has 2 aliphatic rings. The van der Waals surface area contributed by atoms with E-state index in [1.165, 1.54) is 12.8 Å². The largest absolute Gasteiger partial charge is 0.492 e. The van der Waals surface area contributed by atoms with Gasteiger partial charge in [0.05, 0.1) is 18.2 Å². The third-order valence-electron chi connectivity index (χ3n) is 4.74. The Bertz CT molecular complexity index is 737. The number of alkyl carbamates (subject to hydrolysis) is 1. The molecule has 1 aromatic rings. The van der Waals surface area contributed by atoms with Crippen LogP contribution in [0.1, 0.15) is 52.0 Å². The number of nitrogens with one attached hydrogen (secondary N) is 1. The summed E-state index contributed by atoms with van der Waals surface area (Å²) in [7, 11) is 0. The van der Waals surface area contributed by atoms with Crippen molar-refractivity contribution >= 4 is 23.7 Å². The van der Waals surface area contributed by atoms with Gasteiger partial charge in [-0.15, -0.1) is 0 Å². The second-order valence-corrected chi connectivity index (χ2v) is 9.40. The second kappa shape index (κ2) is 9.24. The highest BCUT2D eigenvalue weighted by Gasteiger charge is 2.29. The highest BCUT2D eigenvalue weighted by Crippen LogP contribution is 2.32. The van der Waals surface area contributed by atoms with Crippen LogP contribution in [0.2, 0.25) is 5.02 Å². The first-order valence-corrected chi connectivity index (χ1v) is 10.6. The molecular formula is C22H30ClNO5. The first-order chi connectivity index (χ1) is 13.7. The quantitative estimate of drug-likeness (QED) is 0.591. The Balaban J connectivity index is 1.62. The van der Waals surface area contributed by atoms with Crippen molar-refractivity contribution in [1.29, 1.82) is 0 Å². The number of halogens is 1. The summed E-state index contributed by atoms with van der Waals surface area (Å²) in [6.07, 6.45) is 4.17. The molecule has 2 saturated carbocycles. The van der Waals surface area contributed by atoms with Gasteiger partial charge in [0.25, 0.3) is 0 Å². The zero-order chi connectivity index (χ0) is 21.0. The molecule has 1 amide bonds. The second-order valence-electron chi connectivity index (χ2n) is 9.00. The van der Waals surface area contributed by atoms with Crippen molar-refractivity contribution in [1.82, 2.24) is 5.32 Å². The van der Waals surface area contributed by atoms with Crippen LogP contribution in [0.5, 0.6) is 5.75 Å². The van der Waals surface area contributed by atoms with E-state index in [9.17, 15) is 9.59 Å². The van der Waals surface area contributed by atoms with Crippen molar-refractivity contribution in [3.8, 4) is 5.75 Å². The zero-order valence-electron chi connectivity index (χ0n) is 17.3. The summed E-state index contributed by atoms with van der Waals surface area (Å²) >= 11 is 6.35. The fraction of sp³-hybridized carbons (Fsp3) is 0.636. The minimum Gasteiger partial charge on any atom is -0.492 e. The summed E-state index contributed by atoms with van der Waals surface area (Å²) < 4.78 is 16.4. The molecule has 6 nitrogen and oxygen atoms in total. The number of amides is 1. The minimum absolute atomic E-state index is 0.255. The normalized spacial score (nSPS) is 17.4. The van der Waals surface area contributed by atoms with Gasteiger partial charge in [0.2, 0.25) is 0 Å². The van der Waals surface area contributed by atoms with Gasteiger partial charge in [0.15, 0.2) is 0 Å². The van der Waals surface area contributed by atoms with Crippen LogP contribution in [0.4, 0.5) is 4.79 Å². The van der Waals surface area contributed by atoms with Crippen LogP contribution in [-0.2, 0) is 20.7 Å². The summed E-state index contributed by atoms with van der Waals surface area (Å²) in [5.41, 5.74) is 0.148. The SMILES string of the molecule is CC(C)(C)OC(=O)N[C@@H](Cc1ccc(OCC2CC2)c(Cl)c1)C(=O)OCC1CC1. The Morgan fingerprint density at radius 3 is 2.38 bits per heavy atom. The van der Waals surface area contributed by atoms with Crippen LogP contribution >= 0.6 is 11.6 Å². The number of ether oxygens (including phenoxy) is 3. The van der Waals surface area contributed by atoms with E-state index in [-0.39, 0.29) is 6.42 Å². The molecule has 1 atom stereocenters. The minimum atomic E-state index is -0.849. The summed E-state index contributed by atoms with van der Waals surface area (Å²) in [6, 6.07) is 4.58. The summed E-state index contributed by atoms with van der Waals surface area (Å²) in [6.45, 7) is 6.38. The molecule has 2 fully saturated rings. The van der Waals surface area contributed by atoms with Gasteiger partial charge in [-0.2, -0.15) is 0 Å². The maximum absolute atomic E-state index is 12.6. The molecule has 29 heavy (non-hydrogen) atoms. The number of benzene rings is 1. The molecule has 0 heterocycles. The summed E-state index contributed by atoms with van der Waals surface area (Å²) in [5.74, 6) is 1.25. The summed E-state index contributed by atoms with van der Waals surface area (Å²) in [5, 5.41) is 3.13. The monoisotopic (exact) mass is 423 g/mol. The van der Waals surface area contributed by atoms with Gasteiger partial charge >= 0.3 is 12.1 Å². The number of hydrogen-bond acceptors (Lipinski definition) is 5. The van der Waals surface area contributed by atoms with Gasteiger partial charge in [0, 0.05) is 6.42 Å². The Kier molecular flexibility index (Phi) is 6.93. The van der Waals surface area contributed by atoms with Crippen molar-refractivity contribution in [3.05, 3.63) is 28.8 Å². The topological polar surface area (TPSA) is 73.9 Å². The van der Waals surface area contributed by atoms with Crippen LogP contribution in [0.3, 0.4) is 0 Å². The first-order valence-electron chi connectivity index (χ1n) is 10.3. The lowest BCUT2D eigenvalue weighted by atomic mass is 10.1. The van der Waals surface area contributed by atoms with E-state index in [2.05, 4.69) is 5.32 Å². The average Bonchev–Trinajstić information content (AvgIpc) is 3.51. The third-order valence-corrected chi connectivity index (χ3v) is 5.04. The molecule has 0 bridgehead atoms. The highest BCUT2D eigenvalue weighted by molar-refractivity contribution is 6.32. The molecular weight excluding hydrogens is 394 g/mol. The van der Waals surface area contributed by atoms with Crippen molar-refractivity contribution in [3.63, 3.8) is 0 Å². The standard InChI is InChI=1S/C22H30ClNO5/c1-22(2,3)29-21(26)24-18(20(25)28-13-15-6-7-15)11-16-8-9-19(17(23)10-16)27-12-14-4-5-14/h8-10,14-15,18H,4-7,11-13H2,1-3H3,(H,24,26)/t18-/m0/s1. The molecule has 7 heteroatoms. The summed E-state index contributed by atoms with van der Waals surface area (Å²) in [4.78, 5) is 24.8. The number of carbonyl (C=O) groups is 2. The number of esters is 1. The van der Waals surface area contributed by atoms with Crippen LogP contribution in [0.25, 0.3) is 0 Å². The molecule has 3 rings (SSSR count). The number of hydrogen-bond donors (Lipinski definition) is 1. The Hall–Kier alpha value is -1.95. The zero-order valence-corrected chi connectivity index (χ0v) is 18.1. The van der Waals surface area contributed by atoms with Crippen LogP contribution in [-0.4, -0.2) is 36.9 Å². The molecule has 0 saturated heterocycles. The van der Waals surface area contributed by atoms with Gasteiger partial charge in [-0.1, -0.05) is 17.7 Å². The maximum Gasteiger partial charge on any atom is 0.408 e. The van der Waals surface area contributed by atoms with Crippen LogP contribution in [0, 0.1) is 11.8 Å². The molecule has 0 aromatic heterocycles. The molecule has 0 radical (unpaired) electrons. The van der Waals surface area contributed by atoms with Gasteiger partial charge in [0.1, 0.15) is 17.4 Å². The lowest BCUT2D eigenvalue weighted by molar-refractivity contribution is -0.146. The van der Waals surface area contributed by atoms with E-state index >= 15 is 0 Å². The predicted molar refractivity (Wildman–Crippen MR) is 110 cm³/mol. The smallest absolute Gasteiger partial charge is 0.408 e. The Morgan fingerprint density at radius 1 is 1.14 bits per heavy atom. The molecule has 0 unspecified atom stereocenters. The molecule has 0 spiro atoms. The van der Waals surface area contributed by atoms with E-state index in [0.29, 0.717) is 35.8 Å². The van der Waals surface area contributed by atoms with Gasteiger partial charge in [-0.25, -0.2) is 9.59 Å². The fourth-order valence-corrected chi connectivity index (χ4v) is 3.00. The molecule has 160 valence electrons. The van der Waals surface area contributed by atoms with Crippen LogP contribution < -0.4 is 10.1 Å². The van der Waals surface area contributed by atoms with Gasteiger partial charge in [-0.3, -0.25) is 0 Å². The van der Waals surface area contributed by atoms with Gasteiger partial charge < -0.3 is 19.5 Å². The van der Waals surface area contributed by atoms with Crippen molar-refractivity contribution in [2.24, 2.45) is 11.8 Å². The Labute approximate surface area is 177 Å². The molecule has 0 aliphatic heterocycles. The van der Waals surface area contributed by atoms with E-state index in [1.807, 2.05) is 6.07 Å². The van der Waals surface area contributed by atoms with Crippen LogP contribution in [0.15, 0.2) is 18.2 Å². The van der Waals surface area contributed by atoms with Crippen molar-refractivity contribution in [2.45, 2.75) is 64.5 Å². The lowest BCUT2D eigenvalue weighted by Crippen LogP contribution is -2.45. The van der Waals surface area contributed by atoms with E-state index in [0.717, 1.165) is 18.4 Å². The number of rotatable bonds is 9. The third kappa shape index (κ3) is 7.77. The average molecular weight is 424 g/mol. The van der Waals surface area contributed by atoms with Crippen molar-refractivity contribution < 1.29 is 23.8 Å². The fourth-order valence-electron chi connectivity index (χ4n) is 2.74. The molecule has 2 aliphatic carbocycles. The van der Waals surface area contributed by atoms with Crippen molar-refractivity contribution in [2.75, 3.05) is 13.2 Å². The Morgan fingerprint density at radius 2 is 1.79 bits per heavy atom. The van der Waals surface area contributed by atoms with E-state index < -0.39 is 23.7 Å². The molecule has 1 aromatic carbocycles. The van der Waals surface area contributed by atoms with E-state index in [4.69, 9.17) is 25.8 Å².